The van der Waals surface area contributed by atoms with Crippen LogP contribution in [0.25, 0.3) is 0 Å². The fourth-order valence-electron chi connectivity index (χ4n) is 1.72. The van der Waals surface area contributed by atoms with Crippen LogP contribution in [0.2, 0.25) is 0 Å². The number of hydrogen-bond donors (Lipinski definition) is 2. The second kappa shape index (κ2) is 6.33. The average Bonchev–Trinajstić information content (AvgIpc) is 2.83. The van der Waals surface area contributed by atoms with Crippen LogP contribution in [0.5, 0.6) is 0 Å². The lowest BCUT2D eigenvalue weighted by Gasteiger charge is -2.14. The molecular formula is C12H15BrN2OS. The molecule has 3 nitrogen and oxygen atoms in total. The monoisotopic (exact) mass is 314 g/mol. The normalized spacial score (nSPS) is 19.0. The molecule has 1 saturated heterocycles. The lowest BCUT2D eigenvalue weighted by molar-refractivity contribution is 0.114. The second-order valence-electron chi connectivity index (χ2n) is 3.98. The number of anilines is 1. The Labute approximate surface area is 115 Å². The highest BCUT2D eigenvalue weighted by Gasteiger charge is 2.15. The quantitative estimate of drug-likeness (QED) is 0.841. The maximum absolute atomic E-state index is 5.51. The largest absolute Gasteiger partial charge is 0.376 e. The van der Waals surface area contributed by atoms with E-state index in [0.717, 1.165) is 36.2 Å². The zero-order valence-electron chi connectivity index (χ0n) is 9.41. The lowest BCUT2D eigenvalue weighted by atomic mass is 10.2. The smallest absolute Gasteiger partial charge is 0.170 e. The zero-order valence-corrected chi connectivity index (χ0v) is 11.8. The molecule has 1 aliphatic rings. The molecule has 2 rings (SSSR count). The van der Waals surface area contributed by atoms with Gasteiger partial charge >= 0.3 is 0 Å². The zero-order chi connectivity index (χ0) is 12.1. The van der Waals surface area contributed by atoms with E-state index in [-0.39, 0.29) is 0 Å². The van der Waals surface area contributed by atoms with Crippen molar-refractivity contribution >= 4 is 38.9 Å². The molecule has 1 fully saturated rings. The van der Waals surface area contributed by atoms with Crippen molar-refractivity contribution in [2.24, 2.45) is 0 Å². The van der Waals surface area contributed by atoms with E-state index in [9.17, 15) is 0 Å². The summed E-state index contributed by atoms with van der Waals surface area (Å²) in [7, 11) is 0. The van der Waals surface area contributed by atoms with Gasteiger partial charge in [0, 0.05) is 23.3 Å². The minimum atomic E-state index is 0.305. The van der Waals surface area contributed by atoms with Gasteiger partial charge in [0.15, 0.2) is 5.11 Å². The summed E-state index contributed by atoms with van der Waals surface area (Å²) in [5.74, 6) is 0. The predicted molar refractivity (Wildman–Crippen MR) is 77.3 cm³/mol. The molecule has 17 heavy (non-hydrogen) atoms. The molecule has 1 aliphatic heterocycles. The molecule has 0 aliphatic carbocycles. The molecule has 1 aromatic rings. The maximum Gasteiger partial charge on any atom is 0.170 e. The van der Waals surface area contributed by atoms with E-state index < -0.39 is 0 Å². The van der Waals surface area contributed by atoms with Crippen molar-refractivity contribution in [3.8, 4) is 0 Å². The van der Waals surface area contributed by atoms with E-state index in [4.69, 9.17) is 17.0 Å². The van der Waals surface area contributed by atoms with Crippen LogP contribution < -0.4 is 10.6 Å². The molecule has 0 radical (unpaired) electrons. The Kier molecular flexibility index (Phi) is 4.76. The van der Waals surface area contributed by atoms with E-state index in [1.165, 1.54) is 0 Å². The molecule has 1 aromatic carbocycles. The first-order valence-electron chi connectivity index (χ1n) is 5.66. The molecular weight excluding hydrogens is 300 g/mol. The van der Waals surface area contributed by atoms with E-state index in [1.54, 1.807) is 0 Å². The molecule has 92 valence electrons. The third-order valence-electron chi connectivity index (χ3n) is 2.62. The molecule has 0 saturated carbocycles. The Bertz CT molecular complexity index is 377. The average molecular weight is 315 g/mol. The third-order valence-corrected chi connectivity index (χ3v) is 3.39. The summed E-state index contributed by atoms with van der Waals surface area (Å²) in [5.41, 5.74) is 0.984. The first kappa shape index (κ1) is 12.8. The molecule has 1 heterocycles. The maximum atomic E-state index is 5.51. The number of halogens is 1. The molecule has 0 unspecified atom stereocenters. The molecule has 1 atom stereocenters. The van der Waals surface area contributed by atoms with Crippen LogP contribution in [0.15, 0.2) is 28.7 Å². The lowest BCUT2D eigenvalue weighted by Crippen LogP contribution is -2.34. The van der Waals surface area contributed by atoms with E-state index in [1.807, 2.05) is 24.3 Å². The standard InChI is InChI=1S/C12H15BrN2OS/c13-9-3-5-10(6-4-9)15-12(17)14-8-11-2-1-7-16-11/h3-6,11H,1-2,7-8H2,(H2,14,15,17)/t11-/m1/s1. The molecule has 0 aromatic heterocycles. The highest BCUT2D eigenvalue weighted by molar-refractivity contribution is 9.10. The molecule has 0 bridgehead atoms. The van der Waals surface area contributed by atoms with Crippen molar-refractivity contribution < 1.29 is 4.74 Å². The Balaban J connectivity index is 1.74. The number of ether oxygens (including phenoxy) is 1. The van der Waals surface area contributed by atoms with Gasteiger partial charge in [-0.05, 0) is 49.3 Å². The van der Waals surface area contributed by atoms with E-state index in [2.05, 4.69) is 26.6 Å². The van der Waals surface area contributed by atoms with Crippen molar-refractivity contribution in [2.45, 2.75) is 18.9 Å². The summed E-state index contributed by atoms with van der Waals surface area (Å²) in [6.45, 7) is 1.65. The number of nitrogens with one attached hydrogen (secondary N) is 2. The van der Waals surface area contributed by atoms with Gasteiger partial charge in [0.2, 0.25) is 0 Å². The minimum Gasteiger partial charge on any atom is -0.376 e. The van der Waals surface area contributed by atoms with Crippen molar-refractivity contribution in [3.05, 3.63) is 28.7 Å². The Hall–Kier alpha value is -0.650. The SMILES string of the molecule is S=C(NC[C@H]1CCCO1)Nc1ccc(Br)cc1. The summed E-state index contributed by atoms with van der Waals surface area (Å²) >= 11 is 8.61. The summed E-state index contributed by atoms with van der Waals surface area (Å²) < 4.78 is 6.57. The van der Waals surface area contributed by atoms with Crippen LogP contribution in [-0.2, 0) is 4.74 Å². The molecule has 0 amide bonds. The highest BCUT2D eigenvalue weighted by Crippen LogP contribution is 2.14. The summed E-state index contributed by atoms with van der Waals surface area (Å²) in [6.07, 6.45) is 2.58. The number of rotatable bonds is 3. The van der Waals surface area contributed by atoms with E-state index in [0.29, 0.717) is 11.2 Å². The summed E-state index contributed by atoms with van der Waals surface area (Å²) in [6, 6.07) is 7.91. The third kappa shape index (κ3) is 4.26. The van der Waals surface area contributed by atoms with Crippen LogP contribution in [0.3, 0.4) is 0 Å². The van der Waals surface area contributed by atoms with Crippen molar-refractivity contribution in [2.75, 3.05) is 18.5 Å². The van der Waals surface area contributed by atoms with Crippen LogP contribution >= 0.6 is 28.1 Å². The number of thiocarbonyl (C=S) groups is 1. The Morgan fingerprint density at radius 3 is 2.82 bits per heavy atom. The first-order valence-corrected chi connectivity index (χ1v) is 6.86. The van der Waals surface area contributed by atoms with Crippen LogP contribution in [-0.4, -0.2) is 24.4 Å². The van der Waals surface area contributed by atoms with Gasteiger partial charge < -0.3 is 15.4 Å². The highest BCUT2D eigenvalue weighted by atomic mass is 79.9. The summed E-state index contributed by atoms with van der Waals surface area (Å²) in [4.78, 5) is 0. The predicted octanol–water partition coefficient (Wildman–Crippen LogP) is 2.91. The fraction of sp³-hybridized carbons (Fsp3) is 0.417. The Morgan fingerprint density at radius 1 is 1.41 bits per heavy atom. The minimum absolute atomic E-state index is 0.305. The van der Waals surface area contributed by atoms with Gasteiger partial charge in [0.05, 0.1) is 6.10 Å². The fourth-order valence-corrected chi connectivity index (χ4v) is 2.19. The van der Waals surface area contributed by atoms with Crippen LogP contribution in [0, 0.1) is 0 Å². The molecule has 5 heteroatoms. The first-order chi connectivity index (χ1) is 8.24. The van der Waals surface area contributed by atoms with Gasteiger partial charge in [-0.25, -0.2) is 0 Å². The summed E-state index contributed by atoms with van der Waals surface area (Å²) in [5, 5.41) is 6.95. The van der Waals surface area contributed by atoms with Gasteiger partial charge in [-0.15, -0.1) is 0 Å². The number of benzene rings is 1. The Morgan fingerprint density at radius 2 is 2.18 bits per heavy atom. The topological polar surface area (TPSA) is 33.3 Å². The van der Waals surface area contributed by atoms with Crippen LogP contribution in [0.4, 0.5) is 5.69 Å². The van der Waals surface area contributed by atoms with Crippen LogP contribution in [0.1, 0.15) is 12.8 Å². The molecule has 0 spiro atoms. The molecule has 2 N–H and O–H groups in total. The van der Waals surface area contributed by atoms with Crippen molar-refractivity contribution in [1.29, 1.82) is 0 Å². The number of hydrogen-bond acceptors (Lipinski definition) is 2. The van der Waals surface area contributed by atoms with Gasteiger partial charge in [0.1, 0.15) is 0 Å². The van der Waals surface area contributed by atoms with Gasteiger partial charge in [0.25, 0.3) is 0 Å². The van der Waals surface area contributed by atoms with Gasteiger partial charge in [-0.3, -0.25) is 0 Å². The van der Waals surface area contributed by atoms with Gasteiger partial charge in [-0.2, -0.15) is 0 Å². The van der Waals surface area contributed by atoms with Gasteiger partial charge in [-0.1, -0.05) is 15.9 Å². The second-order valence-corrected chi connectivity index (χ2v) is 5.30. The van der Waals surface area contributed by atoms with Crippen molar-refractivity contribution in [3.63, 3.8) is 0 Å². The van der Waals surface area contributed by atoms with E-state index >= 15 is 0 Å². The van der Waals surface area contributed by atoms with Crippen molar-refractivity contribution in [1.82, 2.24) is 5.32 Å².